The van der Waals surface area contributed by atoms with Crippen LogP contribution in [0, 0.1) is 5.41 Å². The van der Waals surface area contributed by atoms with Gasteiger partial charge in [-0.05, 0) is 38.4 Å². The first-order valence-corrected chi connectivity index (χ1v) is 7.62. The minimum atomic E-state index is -0.227. The van der Waals surface area contributed by atoms with E-state index in [9.17, 15) is 9.90 Å². The van der Waals surface area contributed by atoms with Crippen molar-refractivity contribution in [2.75, 3.05) is 18.9 Å². The molecular weight excluding hydrogens is 234 g/mol. The lowest BCUT2D eigenvalue weighted by molar-refractivity contribution is -0.123. The Morgan fingerprint density at radius 3 is 2.53 bits per heavy atom. The van der Waals surface area contributed by atoms with Crippen LogP contribution < -0.4 is 5.32 Å². The van der Waals surface area contributed by atoms with Gasteiger partial charge in [0.2, 0.25) is 5.91 Å². The predicted molar refractivity (Wildman–Crippen MR) is 71.1 cm³/mol. The average molecular weight is 257 g/mol. The van der Waals surface area contributed by atoms with Crippen LogP contribution in [0.5, 0.6) is 0 Å². The predicted octanol–water partition coefficient (Wildman–Crippen LogP) is 1.94. The van der Waals surface area contributed by atoms with E-state index in [0.717, 1.165) is 31.4 Å². The normalized spacial score (nSPS) is 31.6. The molecule has 4 heteroatoms. The largest absolute Gasteiger partial charge is 0.396 e. The molecule has 3 nitrogen and oxygen atoms in total. The van der Waals surface area contributed by atoms with E-state index in [4.69, 9.17) is 0 Å². The summed E-state index contributed by atoms with van der Waals surface area (Å²) in [4.78, 5) is 12.2. The molecular formula is C13H23NO2S. The Kier molecular flexibility index (Phi) is 4.03. The van der Waals surface area contributed by atoms with Gasteiger partial charge in [0, 0.05) is 12.0 Å². The molecule has 2 aliphatic rings. The van der Waals surface area contributed by atoms with Crippen LogP contribution in [-0.2, 0) is 4.79 Å². The van der Waals surface area contributed by atoms with Gasteiger partial charge in [-0.15, -0.1) is 11.8 Å². The van der Waals surface area contributed by atoms with Gasteiger partial charge in [-0.1, -0.05) is 12.8 Å². The maximum atomic E-state index is 12.2. The van der Waals surface area contributed by atoms with E-state index in [-0.39, 0.29) is 22.7 Å². The Labute approximate surface area is 108 Å². The number of amides is 1. The minimum absolute atomic E-state index is 0.0324. The van der Waals surface area contributed by atoms with Crippen LogP contribution in [-0.4, -0.2) is 34.7 Å². The van der Waals surface area contributed by atoms with E-state index < -0.39 is 0 Å². The monoisotopic (exact) mass is 257 g/mol. The fourth-order valence-electron chi connectivity index (χ4n) is 2.93. The molecule has 2 fully saturated rings. The minimum Gasteiger partial charge on any atom is -0.396 e. The van der Waals surface area contributed by atoms with E-state index in [1.165, 1.54) is 12.8 Å². The van der Waals surface area contributed by atoms with Gasteiger partial charge < -0.3 is 10.4 Å². The third-order valence-electron chi connectivity index (χ3n) is 4.32. The van der Waals surface area contributed by atoms with Crippen molar-refractivity contribution >= 4 is 17.7 Å². The van der Waals surface area contributed by atoms with Gasteiger partial charge in [0.15, 0.2) is 0 Å². The second-order valence-electron chi connectivity index (χ2n) is 5.73. The highest BCUT2D eigenvalue weighted by atomic mass is 32.2. The highest BCUT2D eigenvalue weighted by Crippen LogP contribution is 2.39. The van der Waals surface area contributed by atoms with E-state index in [1.54, 1.807) is 11.8 Å². The van der Waals surface area contributed by atoms with Crippen LogP contribution in [0.1, 0.15) is 45.4 Å². The first kappa shape index (κ1) is 13.2. The number of hydrogen-bond acceptors (Lipinski definition) is 3. The van der Waals surface area contributed by atoms with Crippen molar-refractivity contribution in [3.63, 3.8) is 0 Å². The van der Waals surface area contributed by atoms with Crippen molar-refractivity contribution in [2.45, 2.75) is 50.2 Å². The third kappa shape index (κ3) is 2.79. The molecule has 1 unspecified atom stereocenters. The van der Waals surface area contributed by atoms with Crippen molar-refractivity contribution in [2.24, 2.45) is 5.41 Å². The molecule has 0 aromatic rings. The third-order valence-corrected chi connectivity index (χ3v) is 5.84. The van der Waals surface area contributed by atoms with Crippen LogP contribution in [0.25, 0.3) is 0 Å². The van der Waals surface area contributed by atoms with E-state index in [1.807, 2.05) is 6.92 Å². The number of rotatable bonds is 4. The van der Waals surface area contributed by atoms with Gasteiger partial charge in [-0.25, -0.2) is 0 Å². The molecule has 2 rings (SSSR count). The molecule has 1 heterocycles. The van der Waals surface area contributed by atoms with Crippen LogP contribution in [0.3, 0.4) is 0 Å². The number of carbonyl (C=O) groups is 1. The van der Waals surface area contributed by atoms with Gasteiger partial charge in [0.25, 0.3) is 0 Å². The number of thioether (sulfide) groups is 1. The standard InChI is InChI=1S/C13H23NO2S/c1-12(5-4-8-17-12)11(16)14-9-13(10-15)6-2-3-7-13/h15H,2-10H2,1H3,(H,14,16). The summed E-state index contributed by atoms with van der Waals surface area (Å²) in [6.07, 6.45) is 6.58. The van der Waals surface area contributed by atoms with Gasteiger partial charge >= 0.3 is 0 Å². The zero-order chi connectivity index (χ0) is 12.4. The molecule has 2 N–H and O–H groups in total. The van der Waals surface area contributed by atoms with Crippen LogP contribution in [0.4, 0.5) is 0 Å². The molecule has 17 heavy (non-hydrogen) atoms. The van der Waals surface area contributed by atoms with Gasteiger partial charge in [-0.2, -0.15) is 0 Å². The molecule has 0 spiro atoms. The SMILES string of the molecule is CC1(C(=O)NCC2(CO)CCCC2)CCCS1. The lowest BCUT2D eigenvalue weighted by atomic mass is 9.87. The van der Waals surface area contributed by atoms with Crippen LogP contribution >= 0.6 is 11.8 Å². The van der Waals surface area contributed by atoms with Gasteiger partial charge in [0.05, 0.1) is 11.4 Å². The number of aliphatic hydroxyl groups excluding tert-OH is 1. The maximum absolute atomic E-state index is 12.2. The molecule has 1 atom stereocenters. The molecule has 1 saturated carbocycles. The smallest absolute Gasteiger partial charge is 0.235 e. The van der Waals surface area contributed by atoms with Crippen molar-refractivity contribution in [3.8, 4) is 0 Å². The lowest BCUT2D eigenvalue weighted by Crippen LogP contribution is -2.45. The Balaban J connectivity index is 1.87. The quantitative estimate of drug-likeness (QED) is 0.809. The molecule has 1 amide bonds. The number of aliphatic hydroxyl groups is 1. The molecule has 1 saturated heterocycles. The van der Waals surface area contributed by atoms with Crippen molar-refractivity contribution < 1.29 is 9.90 Å². The molecule has 0 aromatic heterocycles. The fourth-order valence-corrected chi connectivity index (χ4v) is 4.16. The molecule has 0 aromatic carbocycles. The maximum Gasteiger partial charge on any atom is 0.235 e. The molecule has 1 aliphatic heterocycles. The number of carbonyl (C=O) groups excluding carboxylic acids is 1. The second-order valence-corrected chi connectivity index (χ2v) is 7.33. The Hall–Kier alpha value is -0.220. The highest BCUT2D eigenvalue weighted by molar-refractivity contribution is 8.01. The second kappa shape index (κ2) is 5.19. The Morgan fingerprint density at radius 1 is 1.29 bits per heavy atom. The molecule has 0 bridgehead atoms. The molecule has 98 valence electrons. The zero-order valence-electron chi connectivity index (χ0n) is 10.6. The molecule has 1 aliphatic carbocycles. The van der Waals surface area contributed by atoms with Crippen LogP contribution in [0.15, 0.2) is 0 Å². The van der Waals surface area contributed by atoms with Crippen molar-refractivity contribution in [1.29, 1.82) is 0 Å². The Bertz CT molecular complexity index is 281. The summed E-state index contributed by atoms with van der Waals surface area (Å²) < 4.78 is -0.227. The number of nitrogens with one attached hydrogen (secondary N) is 1. The summed E-state index contributed by atoms with van der Waals surface area (Å²) in [5, 5.41) is 12.6. The van der Waals surface area contributed by atoms with Crippen molar-refractivity contribution in [3.05, 3.63) is 0 Å². The fraction of sp³-hybridized carbons (Fsp3) is 0.923. The number of hydrogen-bond donors (Lipinski definition) is 2. The summed E-state index contributed by atoms with van der Waals surface area (Å²) in [6.45, 7) is 2.90. The Morgan fingerprint density at radius 2 is 2.00 bits per heavy atom. The average Bonchev–Trinajstić information content (AvgIpc) is 2.96. The summed E-state index contributed by atoms with van der Waals surface area (Å²) >= 11 is 1.77. The van der Waals surface area contributed by atoms with E-state index in [2.05, 4.69) is 5.32 Å². The van der Waals surface area contributed by atoms with Gasteiger partial charge in [0.1, 0.15) is 0 Å². The van der Waals surface area contributed by atoms with E-state index in [0.29, 0.717) is 6.54 Å². The summed E-state index contributed by atoms with van der Waals surface area (Å²) in [5.41, 5.74) is -0.0324. The molecule has 0 radical (unpaired) electrons. The van der Waals surface area contributed by atoms with E-state index >= 15 is 0 Å². The summed E-state index contributed by atoms with van der Waals surface area (Å²) in [6, 6.07) is 0. The summed E-state index contributed by atoms with van der Waals surface area (Å²) in [7, 11) is 0. The topological polar surface area (TPSA) is 49.3 Å². The van der Waals surface area contributed by atoms with Crippen molar-refractivity contribution in [1.82, 2.24) is 5.32 Å². The first-order valence-electron chi connectivity index (χ1n) is 6.63. The summed E-state index contributed by atoms with van der Waals surface area (Å²) in [5.74, 6) is 1.26. The lowest BCUT2D eigenvalue weighted by Gasteiger charge is -2.29. The highest BCUT2D eigenvalue weighted by Gasteiger charge is 2.39. The van der Waals surface area contributed by atoms with Crippen LogP contribution in [0.2, 0.25) is 0 Å². The van der Waals surface area contributed by atoms with Gasteiger partial charge in [-0.3, -0.25) is 4.79 Å². The first-order chi connectivity index (χ1) is 8.10. The zero-order valence-corrected chi connectivity index (χ0v) is 11.4.